The Morgan fingerprint density at radius 2 is 1.92 bits per heavy atom. The van der Waals surface area contributed by atoms with E-state index in [-0.39, 0.29) is 25.9 Å². The van der Waals surface area contributed by atoms with Crippen LogP contribution in [-0.2, 0) is 20.8 Å². The van der Waals surface area contributed by atoms with Crippen molar-refractivity contribution < 1.29 is 32.2 Å². The topological polar surface area (TPSA) is 67.9 Å². The zero-order valence-electron chi connectivity index (χ0n) is 12.7. The Hall–Kier alpha value is -2.29. The first kappa shape index (κ1) is 18.1. The highest BCUT2D eigenvalue weighted by Gasteiger charge is 2.33. The van der Waals surface area contributed by atoms with E-state index < -0.39 is 31.3 Å². The van der Waals surface area contributed by atoms with Crippen LogP contribution in [0.3, 0.4) is 0 Å². The summed E-state index contributed by atoms with van der Waals surface area (Å²) in [4.78, 5) is 24.1. The van der Waals surface area contributed by atoms with Gasteiger partial charge in [0.2, 0.25) is 5.91 Å². The molecule has 2 rings (SSSR count). The third kappa shape index (κ3) is 6.07. The minimum atomic E-state index is -4.53. The van der Waals surface area contributed by atoms with E-state index in [1.165, 1.54) is 0 Å². The first-order valence-corrected chi connectivity index (χ1v) is 7.24. The number of alkyl halides is 3. The van der Waals surface area contributed by atoms with Gasteiger partial charge in [0.25, 0.3) is 0 Å². The van der Waals surface area contributed by atoms with Gasteiger partial charge in [-0.15, -0.1) is 0 Å². The van der Waals surface area contributed by atoms with Gasteiger partial charge < -0.3 is 19.7 Å². The molecule has 0 aliphatic carbocycles. The van der Waals surface area contributed by atoms with Crippen molar-refractivity contribution in [2.45, 2.75) is 18.8 Å². The number of amides is 2. The van der Waals surface area contributed by atoms with Crippen molar-refractivity contribution in [1.29, 1.82) is 0 Å². The molecular formula is C15H17F3N2O4. The van der Waals surface area contributed by atoms with Gasteiger partial charge in [0.05, 0.1) is 13.2 Å². The standard InChI is InChI=1S/C15H17F3N2O4/c16-15(17,18)10-20(7-11-4-2-1-3-5-11)13(21)6-19-14(22)24-12-8-23-9-12/h1-5,12H,6-10H2,(H,19,22). The maximum Gasteiger partial charge on any atom is 0.408 e. The molecule has 0 radical (unpaired) electrons. The number of hydrogen-bond acceptors (Lipinski definition) is 4. The molecule has 1 fully saturated rings. The van der Waals surface area contributed by atoms with Gasteiger partial charge in [-0.2, -0.15) is 13.2 Å². The van der Waals surface area contributed by atoms with Crippen LogP contribution in [0.1, 0.15) is 5.56 Å². The lowest BCUT2D eigenvalue weighted by molar-refractivity contribution is -0.161. The van der Waals surface area contributed by atoms with Crippen LogP contribution in [0.25, 0.3) is 0 Å². The fourth-order valence-corrected chi connectivity index (χ4v) is 1.99. The minimum Gasteiger partial charge on any atom is -0.441 e. The van der Waals surface area contributed by atoms with Crippen LogP contribution in [0.2, 0.25) is 0 Å². The summed E-state index contributed by atoms with van der Waals surface area (Å²) in [7, 11) is 0. The molecule has 9 heteroatoms. The van der Waals surface area contributed by atoms with Crippen molar-refractivity contribution in [1.82, 2.24) is 10.2 Å². The van der Waals surface area contributed by atoms with Crippen LogP contribution in [0.4, 0.5) is 18.0 Å². The third-order valence-corrected chi connectivity index (χ3v) is 3.20. The van der Waals surface area contributed by atoms with E-state index in [2.05, 4.69) is 5.32 Å². The fourth-order valence-electron chi connectivity index (χ4n) is 1.99. The molecule has 1 N–H and O–H groups in total. The second-order valence-electron chi connectivity index (χ2n) is 5.27. The fraction of sp³-hybridized carbons (Fsp3) is 0.467. The molecule has 132 valence electrons. The molecule has 6 nitrogen and oxygen atoms in total. The predicted molar refractivity (Wildman–Crippen MR) is 77.0 cm³/mol. The molecule has 1 aliphatic heterocycles. The summed E-state index contributed by atoms with van der Waals surface area (Å²) in [5.41, 5.74) is 0.560. The van der Waals surface area contributed by atoms with Crippen LogP contribution >= 0.6 is 0 Å². The van der Waals surface area contributed by atoms with E-state index in [0.717, 1.165) is 0 Å². The molecule has 1 saturated heterocycles. The molecule has 1 aromatic carbocycles. The SMILES string of the molecule is O=C(NCC(=O)N(Cc1ccccc1)CC(F)(F)F)OC1COC1. The molecule has 2 amide bonds. The lowest BCUT2D eigenvalue weighted by Crippen LogP contribution is -2.46. The lowest BCUT2D eigenvalue weighted by atomic mass is 10.2. The first-order valence-electron chi connectivity index (χ1n) is 7.24. The maximum absolute atomic E-state index is 12.7. The van der Waals surface area contributed by atoms with Gasteiger partial charge >= 0.3 is 12.3 Å². The normalized spacial score (nSPS) is 14.6. The van der Waals surface area contributed by atoms with Gasteiger partial charge in [-0.1, -0.05) is 30.3 Å². The Balaban J connectivity index is 1.89. The van der Waals surface area contributed by atoms with Crippen LogP contribution in [0, 0.1) is 0 Å². The summed E-state index contributed by atoms with van der Waals surface area (Å²) in [6, 6.07) is 8.30. The largest absolute Gasteiger partial charge is 0.441 e. The molecule has 0 saturated carbocycles. The summed E-state index contributed by atoms with van der Waals surface area (Å²) in [6.45, 7) is -1.62. The van der Waals surface area contributed by atoms with Crippen molar-refractivity contribution >= 4 is 12.0 Å². The van der Waals surface area contributed by atoms with E-state index in [1.807, 2.05) is 0 Å². The summed E-state index contributed by atoms with van der Waals surface area (Å²) < 4.78 is 47.7. The lowest BCUT2D eigenvalue weighted by Gasteiger charge is -2.26. The minimum absolute atomic E-state index is 0.202. The van der Waals surface area contributed by atoms with Crippen LogP contribution < -0.4 is 5.32 Å². The molecule has 0 aromatic heterocycles. The quantitative estimate of drug-likeness (QED) is 0.851. The van der Waals surface area contributed by atoms with E-state index >= 15 is 0 Å². The first-order chi connectivity index (χ1) is 11.3. The van der Waals surface area contributed by atoms with Crippen molar-refractivity contribution in [3.8, 4) is 0 Å². The molecule has 1 aliphatic rings. The van der Waals surface area contributed by atoms with Crippen LogP contribution in [0.15, 0.2) is 30.3 Å². The Kier molecular flexibility index (Phi) is 6.02. The second kappa shape index (κ2) is 8.00. The highest BCUT2D eigenvalue weighted by Crippen LogP contribution is 2.18. The zero-order chi connectivity index (χ0) is 17.6. The average Bonchev–Trinajstić information content (AvgIpc) is 2.47. The highest BCUT2D eigenvalue weighted by molar-refractivity contribution is 5.82. The number of benzene rings is 1. The third-order valence-electron chi connectivity index (χ3n) is 3.20. The Morgan fingerprint density at radius 3 is 2.46 bits per heavy atom. The number of carbonyl (C=O) groups excluding carboxylic acids is 2. The van der Waals surface area contributed by atoms with E-state index in [0.29, 0.717) is 10.5 Å². The summed E-state index contributed by atoms with van der Waals surface area (Å²) >= 11 is 0. The Bertz CT molecular complexity index is 562. The predicted octanol–water partition coefficient (Wildman–Crippen LogP) is 1.70. The molecule has 24 heavy (non-hydrogen) atoms. The van der Waals surface area contributed by atoms with Crippen LogP contribution in [0.5, 0.6) is 0 Å². The van der Waals surface area contributed by atoms with Gasteiger partial charge in [-0.05, 0) is 5.56 Å². The second-order valence-corrected chi connectivity index (χ2v) is 5.27. The summed E-state index contributed by atoms with van der Waals surface area (Å²) in [5.74, 6) is -0.849. The number of halogens is 3. The number of alkyl carbamates (subject to hydrolysis) is 1. The van der Waals surface area contributed by atoms with Gasteiger partial charge in [-0.25, -0.2) is 4.79 Å². The molecule has 0 bridgehead atoms. The molecular weight excluding hydrogens is 329 g/mol. The monoisotopic (exact) mass is 346 g/mol. The molecule has 0 unspecified atom stereocenters. The summed E-state index contributed by atoms with van der Waals surface area (Å²) in [6.07, 6.45) is -5.77. The van der Waals surface area contributed by atoms with Crippen molar-refractivity contribution in [3.63, 3.8) is 0 Å². The van der Waals surface area contributed by atoms with Crippen LogP contribution in [-0.4, -0.2) is 55.5 Å². The average molecular weight is 346 g/mol. The molecule has 0 spiro atoms. The van der Waals surface area contributed by atoms with Crippen molar-refractivity contribution in [3.05, 3.63) is 35.9 Å². The number of nitrogens with zero attached hydrogens (tertiary/aromatic N) is 1. The zero-order valence-corrected chi connectivity index (χ0v) is 12.7. The van der Waals surface area contributed by atoms with Crippen molar-refractivity contribution in [2.24, 2.45) is 0 Å². The smallest absolute Gasteiger partial charge is 0.408 e. The van der Waals surface area contributed by atoms with Gasteiger partial charge in [-0.3, -0.25) is 4.79 Å². The van der Waals surface area contributed by atoms with E-state index in [1.54, 1.807) is 30.3 Å². The number of carbonyl (C=O) groups is 2. The van der Waals surface area contributed by atoms with E-state index in [9.17, 15) is 22.8 Å². The summed E-state index contributed by atoms with van der Waals surface area (Å²) in [5, 5.41) is 2.16. The van der Waals surface area contributed by atoms with Gasteiger partial charge in [0.15, 0.2) is 6.10 Å². The molecule has 1 heterocycles. The number of hydrogen-bond donors (Lipinski definition) is 1. The van der Waals surface area contributed by atoms with Gasteiger partial charge in [0.1, 0.15) is 13.1 Å². The Labute approximate surface area is 136 Å². The van der Waals surface area contributed by atoms with E-state index in [4.69, 9.17) is 9.47 Å². The molecule has 1 aromatic rings. The van der Waals surface area contributed by atoms with Gasteiger partial charge in [0, 0.05) is 6.54 Å². The Morgan fingerprint density at radius 1 is 1.25 bits per heavy atom. The number of nitrogens with one attached hydrogen (secondary N) is 1. The number of ether oxygens (including phenoxy) is 2. The van der Waals surface area contributed by atoms with Crippen molar-refractivity contribution in [2.75, 3.05) is 26.3 Å². The number of rotatable bonds is 6. The molecule has 0 atom stereocenters. The maximum atomic E-state index is 12.7. The highest BCUT2D eigenvalue weighted by atomic mass is 19.4.